The van der Waals surface area contributed by atoms with E-state index in [1.165, 1.54) is 11.3 Å². The summed E-state index contributed by atoms with van der Waals surface area (Å²) in [7, 11) is 0. The van der Waals surface area contributed by atoms with Crippen LogP contribution < -0.4 is 0 Å². The molecule has 2 aliphatic heterocycles. The van der Waals surface area contributed by atoms with Gasteiger partial charge in [0.15, 0.2) is 0 Å². The summed E-state index contributed by atoms with van der Waals surface area (Å²) in [6.07, 6.45) is 1.06. The minimum Gasteiger partial charge on any atom is -0.378 e. The zero-order valence-corrected chi connectivity index (χ0v) is 12.7. The molecule has 0 saturated carbocycles. The lowest BCUT2D eigenvalue weighted by atomic mass is 10.0. The molecule has 1 spiro atoms. The molecule has 1 atom stereocenters. The fourth-order valence-corrected chi connectivity index (χ4v) is 3.86. The van der Waals surface area contributed by atoms with Gasteiger partial charge in [0.05, 0.1) is 13.2 Å². The zero-order chi connectivity index (χ0) is 13.7. The van der Waals surface area contributed by atoms with E-state index < -0.39 is 0 Å². The maximum atomic E-state index is 5.96. The van der Waals surface area contributed by atoms with E-state index >= 15 is 0 Å². The van der Waals surface area contributed by atoms with Gasteiger partial charge in [-0.15, -0.1) is 0 Å². The smallest absolute Gasteiger partial charge is 0.106 e. The molecule has 2 heterocycles. The third-order valence-corrected chi connectivity index (χ3v) is 5.07. The fraction of sp³-hybridized carbons (Fsp3) is 0.625. The van der Waals surface area contributed by atoms with Crippen molar-refractivity contribution in [2.75, 3.05) is 45.2 Å². The Kier molecular flexibility index (Phi) is 4.99. The van der Waals surface area contributed by atoms with Gasteiger partial charge in [0.25, 0.3) is 0 Å². The second-order valence-electron chi connectivity index (χ2n) is 5.65. The van der Waals surface area contributed by atoms with Crippen molar-refractivity contribution in [1.29, 1.82) is 0 Å². The maximum Gasteiger partial charge on any atom is 0.106 e. The third-order valence-electron chi connectivity index (χ3n) is 4.06. The van der Waals surface area contributed by atoms with E-state index in [-0.39, 0.29) is 5.60 Å². The van der Waals surface area contributed by atoms with Crippen molar-refractivity contribution in [2.24, 2.45) is 0 Å². The minimum absolute atomic E-state index is 0.00233. The van der Waals surface area contributed by atoms with Gasteiger partial charge < -0.3 is 9.47 Å². The molecule has 0 amide bonds. The first-order valence-electron chi connectivity index (χ1n) is 7.42. The lowest BCUT2D eigenvalue weighted by Gasteiger charge is -2.39. The molecule has 2 aliphatic rings. The van der Waals surface area contributed by atoms with Crippen LogP contribution in [0, 0.1) is 0 Å². The Morgan fingerprint density at radius 1 is 1.20 bits per heavy atom. The molecule has 0 aromatic heterocycles. The topological polar surface area (TPSA) is 21.7 Å². The van der Waals surface area contributed by atoms with Crippen LogP contribution in [0.25, 0.3) is 0 Å². The zero-order valence-electron chi connectivity index (χ0n) is 11.9. The Labute approximate surface area is 125 Å². The van der Waals surface area contributed by atoms with Crippen LogP contribution in [0.3, 0.4) is 0 Å². The minimum atomic E-state index is 0.00233. The van der Waals surface area contributed by atoms with Crippen LogP contribution in [-0.4, -0.2) is 55.7 Å². The second-order valence-corrected chi connectivity index (χ2v) is 6.75. The van der Waals surface area contributed by atoms with Gasteiger partial charge in [-0.25, -0.2) is 0 Å². The summed E-state index contributed by atoms with van der Waals surface area (Å²) < 4.78 is 11.5. The lowest BCUT2D eigenvalue weighted by Crippen LogP contribution is -2.52. The Morgan fingerprint density at radius 2 is 2.10 bits per heavy atom. The van der Waals surface area contributed by atoms with Crippen LogP contribution in [0.4, 0.5) is 0 Å². The van der Waals surface area contributed by atoms with E-state index in [0.717, 1.165) is 51.6 Å². The summed E-state index contributed by atoms with van der Waals surface area (Å²) in [4.78, 5) is 2.54. The summed E-state index contributed by atoms with van der Waals surface area (Å²) in [6, 6.07) is 10.7. The third kappa shape index (κ3) is 3.76. The van der Waals surface area contributed by atoms with Crippen LogP contribution in [0.5, 0.6) is 0 Å². The largest absolute Gasteiger partial charge is 0.378 e. The normalized spacial score (nSPS) is 27.2. The van der Waals surface area contributed by atoms with Crippen LogP contribution in [0.1, 0.15) is 12.0 Å². The number of ether oxygens (including phenoxy) is 2. The average molecular weight is 293 g/mol. The van der Waals surface area contributed by atoms with Crippen LogP contribution >= 0.6 is 11.8 Å². The highest BCUT2D eigenvalue weighted by molar-refractivity contribution is 7.98. The first kappa shape index (κ1) is 14.4. The highest BCUT2D eigenvalue weighted by atomic mass is 32.2. The summed E-state index contributed by atoms with van der Waals surface area (Å²) >= 11 is 2.02. The average Bonchev–Trinajstić information content (AvgIpc) is 2.93. The SMILES string of the molecule is c1ccc(CSCCN2CCO[C@]3(CCOC3)C2)cc1. The molecule has 2 saturated heterocycles. The molecule has 0 unspecified atom stereocenters. The molecule has 0 radical (unpaired) electrons. The Bertz CT molecular complexity index is 406. The van der Waals surface area contributed by atoms with Gasteiger partial charge in [-0.1, -0.05) is 30.3 Å². The van der Waals surface area contributed by atoms with E-state index in [4.69, 9.17) is 9.47 Å². The number of morpholine rings is 1. The Balaban J connectivity index is 1.38. The summed E-state index contributed by atoms with van der Waals surface area (Å²) in [6.45, 7) is 5.75. The van der Waals surface area contributed by atoms with Crippen LogP contribution in [-0.2, 0) is 15.2 Å². The Hall–Kier alpha value is -0.550. The van der Waals surface area contributed by atoms with Crippen molar-refractivity contribution in [1.82, 2.24) is 4.90 Å². The molecule has 110 valence electrons. The van der Waals surface area contributed by atoms with Crippen LogP contribution in [0.2, 0.25) is 0 Å². The highest BCUT2D eigenvalue weighted by Gasteiger charge is 2.40. The van der Waals surface area contributed by atoms with E-state index in [1.807, 2.05) is 11.8 Å². The van der Waals surface area contributed by atoms with Gasteiger partial charge in [-0.2, -0.15) is 11.8 Å². The predicted octanol–water partition coefficient (Wildman–Crippen LogP) is 2.41. The van der Waals surface area contributed by atoms with Gasteiger partial charge in [0, 0.05) is 44.2 Å². The van der Waals surface area contributed by atoms with Gasteiger partial charge in [0.1, 0.15) is 5.60 Å². The summed E-state index contributed by atoms with van der Waals surface area (Å²) in [5.74, 6) is 2.30. The molecule has 0 aliphatic carbocycles. The second kappa shape index (κ2) is 6.94. The molecule has 4 heteroatoms. The number of hydrogen-bond donors (Lipinski definition) is 0. The van der Waals surface area contributed by atoms with Gasteiger partial charge in [-0.05, 0) is 5.56 Å². The number of nitrogens with zero attached hydrogens (tertiary/aromatic N) is 1. The summed E-state index contributed by atoms with van der Waals surface area (Å²) in [5, 5.41) is 0. The Morgan fingerprint density at radius 3 is 2.90 bits per heavy atom. The number of benzene rings is 1. The standard InChI is InChI=1S/C16H23NO2S/c1-2-4-15(5-3-1)12-20-11-8-17-7-10-19-16(13-17)6-9-18-14-16/h1-5H,6-14H2/t16-/m1/s1. The first-order chi connectivity index (χ1) is 9.86. The molecule has 20 heavy (non-hydrogen) atoms. The number of rotatable bonds is 5. The molecular formula is C16H23NO2S. The van der Waals surface area contributed by atoms with Gasteiger partial charge in [-0.3, -0.25) is 4.90 Å². The molecule has 3 rings (SSSR count). The maximum absolute atomic E-state index is 5.96. The molecule has 0 N–H and O–H groups in total. The van der Waals surface area contributed by atoms with Crippen molar-refractivity contribution in [3.8, 4) is 0 Å². The quantitative estimate of drug-likeness (QED) is 0.777. The van der Waals surface area contributed by atoms with Gasteiger partial charge in [0.2, 0.25) is 0 Å². The number of thioether (sulfide) groups is 1. The van der Waals surface area contributed by atoms with E-state index in [1.54, 1.807) is 0 Å². The van der Waals surface area contributed by atoms with E-state index in [2.05, 4.69) is 35.2 Å². The van der Waals surface area contributed by atoms with Crippen molar-refractivity contribution in [3.63, 3.8) is 0 Å². The van der Waals surface area contributed by atoms with Crippen molar-refractivity contribution in [2.45, 2.75) is 17.8 Å². The first-order valence-corrected chi connectivity index (χ1v) is 8.58. The van der Waals surface area contributed by atoms with E-state index in [0.29, 0.717) is 0 Å². The van der Waals surface area contributed by atoms with Gasteiger partial charge >= 0.3 is 0 Å². The van der Waals surface area contributed by atoms with Crippen molar-refractivity contribution >= 4 is 11.8 Å². The fourth-order valence-electron chi connectivity index (χ4n) is 2.90. The molecule has 1 aromatic rings. The monoisotopic (exact) mass is 293 g/mol. The van der Waals surface area contributed by atoms with E-state index in [9.17, 15) is 0 Å². The lowest BCUT2D eigenvalue weighted by molar-refractivity contribution is -0.107. The molecular weight excluding hydrogens is 270 g/mol. The molecule has 1 aromatic carbocycles. The number of hydrogen-bond acceptors (Lipinski definition) is 4. The van der Waals surface area contributed by atoms with Crippen LogP contribution in [0.15, 0.2) is 30.3 Å². The highest BCUT2D eigenvalue weighted by Crippen LogP contribution is 2.27. The van der Waals surface area contributed by atoms with Crippen molar-refractivity contribution in [3.05, 3.63) is 35.9 Å². The molecule has 2 fully saturated rings. The van der Waals surface area contributed by atoms with Crippen molar-refractivity contribution < 1.29 is 9.47 Å². The predicted molar refractivity (Wildman–Crippen MR) is 83.2 cm³/mol. The summed E-state index contributed by atoms with van der Waals surface area (Å²) in [5.41, 5.74) is 1.42. The molecule has 3 nitrogen and oxygen atoms in total. The molecule has 0 bridgehead atoms.